The van der Waals surface area contributed by atoms with Crippen molar-refractivity contribution in [1.29, 1.82) is 0 Å². The minimum absolute atomic E-state index is 0.144. The van der Waals surface area contributed by atoms with Gasteiger partial charge in [-0.25, -0.2) is 22.6 Å². The van der Waals surface area contributed by atoms with E-state index in [1.807, 2.05) is 42.6 Å². The Balaban J connectivity index is 1.40. The third-order valence-electron chi connectivity index (χ3n) is 6.85. The summed E-state index contributed by atoms with van der Waals surface area (Å²) in [7, 11) is -0.543. The molecule has 1 aliphatic rings. The molecule has 1 atom stereocenters. The molecule has 2 aromatic heterocycles. The minimum Gasteiger partial charge on any atom is -0.493 e. The summed E-state index contributed by atoms with van der Waals surface area (Å²) < 4.78 is 41.7. The van der Waals surface area contributed by atoms with Crippen molar-refractivity contribution in [2.75, 3.05) is 37.5 Å². The van der Waals surface area contributed by atoms with Crippen molar-refractivity contribution in [2.24, 2.45) is 0 Å². The number of nitrogens with zero attached hydrogens (tertiary/aromatic N) is 4. The van der Waals surface area contributed by atoms with Crippen molar-refractivity contribution >= 4 is 33.0 Å². The van der Waals surface area contributed by atoms with Gasteiger partial charge in [0.1, 0.15) is 0 Å². The second kappa shape index (κ2) is 10.8. The molecule has 2 aromatic carbocycles. The van der Waals surface area contributed by atoms with Gasteiger partial charge in [0.05, 0.1) is 41.9 Å². The molecule has 12 heteroatoms. The van der Waals surface area contributed by atoms with Crippen LogP contribution in [0.4, 0.5) is 11.4 Å². The first-order valence-corrected chi connectivity index (χ1v) is 14.3. The number of ether oxygens (including phenoxy) is 2. The second-order valence-corrected chi connectivity index (χ2v) is 11.5. The van der Waals surface area contributed by atoms with Crippen molar-refractivity contribution in [3.63, 3.8) is 0 Å². The Morgan fingerprint density at radius 2 is 1.75 bits per heavy atom. The quantitative estimate of drug-likeness (QED) is 0.333. The summed E-state index contributed by atoms with van der Waals surface area (Å²) in [5.74, 6) is 1.03. The van der Waals surface area contributed by atoms with Crippen LogP contribution in [-0.4, -0.2) is 62.3 Å². The summed E-state index contributed by atoms with van der Waals surface area (Å²) in [6, 6.07) is 13.5. The third-order valence-corrected chi connectivity index (χ3v) is 8.39. The van der Waals surface area contributed by atoms with Crippen LogP contribution in [0.2, 0.25) is 0 Å². The van der Waals surface area contributed by atoms with E-state index in [1.165, 1.54) is 19.1 Å². The lowest BCUT2D eigenvalue weighted by Gasteiger charge is -2.20. The lowest BCUT2D eigenvalue weighted by molar-refractivity contribution is -0.114. The highest BCUT2D eigenvalue weighted by Crippen LogP contribution is 2.36. The van der Waals surface area contributed by atoms with Gasteiger partial charge in [0.2, 0.25) is 15.9 Å². The molecular formula is C28H32N6O5S. The van der Waals surface area contributed by atoms with E-state index in [9.17, 15) is 13.2 Å². The fourth-order valence-corrected chi connectivity index (χ4v) is 6.32. The van der Waals surface area contributed by atoms with Crippen molar-refractivity contribution < 1.29 is 22.7 Å². The number of amides is 1. The van der Waals surface area contributed by atoms with Gasteiger partial charge in [0.15, 0.2) is 17.1 Å². The number of carbonyl (C=O) groups excluding carboxylic acids is 1. The van der Waals surface area contributed by atoms with E-state index in [-0.39, 0.29) is 16.8 Å². The van der Waals surface area contributed by atoms with Gasteiger partial charge < -0.3 is 19.7 Å². The molecule has 4 aromatic rings. The first kappa shape index (κ1) is 27.4. The van der Waals surface area contributed by atoms with E-state index in [2.05, 4.69) is 14.9 Å². The van der Waals surface area contributed by atoms with Crippen LogP contribution in [0.15, 0.2) is 53.4 Å². The van der Waals surface area contributed by atoms with E-state index in [0.717, 1.165) is 28.3 Å². The van der Waals surface area contributed by atoms with Crippen LogP contribution in [0.3, 0.4) is 0 Å². The predicted octanol–water partition coefficient (Wildman–Crippen LogP) is 3.55. The Bertz CT molecular complexity index is 1680. The Morgan fingerprint density at radius 3 is 2.42 bits per heavy atom. The molecule has 3 heterocycles. The molecule has 2 N–H and O–H groups in total. The maximum Gasteiger partial charge on any atom is 0.240 e. The summed E-state index contributed by atoms with van der Waals surface area (Å²) >= 11 is 0. The summed E-state index contributed by atoms with van der Waals surface area (Å²) in [6.45, 7) is 6.42. The average molecular weight is 565 g/mol. The Kier molecular flexibility index (Phi) is 7.39. The van der Waals surface area contributed by atoms with E-state index in [0.29, 0.717) is 42.3 Å². The first-order chi connectivity index (χ1) is 19.1. The largest absolute Gasteiger partial charge is 0.493 e. The summed E-state index contributed by atoms with van der Waals surface area (Å²) in [6.07, 6.45) is 0.638. The zero-order valence-electron chi connectivity index (χ0n) is 23.1. The minimum atomic E-state index is -3.74. The number of aryl methyl sites for hydroxylation is 2. The maximum absolute atomic E-state index is 13.1. The molecule has 1 amide bonds. The average Bonchev–Trinajstić information content (AvgIpc) is 3.50. The number of carbonyl (C=O) groups is 1. The molecule has 11 nitrogen and oxygen atoms in total. The lowest BCUT2D eigenvalue weighted by atomic mass is 10.1. The van der Waals surface area contributed by atoms with Crippen LogP contribution in [0.5, 0.6) is 11.5 Å². The normalized spacial score (nSPS) is 15.4. The number of hydrogen-bond donors (Lipinski definition) is 2. The van der Waals surface area contributed by atoms with E-state index >= 15 is 0 Å². The van der Waals surface area contributed by atoms with Crippen molar-refractivity contribution in [1.82, 2.24) is 19.3 Å². The van der Waals surface area contributed by atoms with Crippen LogP contribution in [-0.2, 0) is 14.8 Å². The molecule has 0 aliphatic carbocycles. The third kappa shape index (κ3) is 5.32. The molecule has 0 bridgehead atoms. The van der Waals surface area contributed by atoms with Gasteiger partial charge >= 0.3 is 0 Å². The maximum atomic E-state index is 13.1. The van der Waals surface area contributed by atoms with Gasteiger partial charge in [-0.15, -0.1) is 0 Å². The van der Waals surface area contributed by atoms with Gasteiger partial charge in [-0.3, -0.25) is 4.79 Å². The van der Waals surface area contributed by atoms with Gasteiger partial charge in [0, 0.05) is 37.3 Å². The van der Waals surface area contributed by atoms with Crippen LogP contribution < -0.4 is 24.4 Å². The zero-order chi connectivity index (χ0) is 28.6. The summed E-state index contributed by atoms with van der Waals surface area (Å²) in [4.78, 5) is 18.4. The fraction of sp³-hybridized carbons (Fsp3) is 0.321. The van der Waals surface area contributed by atoms with E-state index in [4.69, 9.17) is 19.6 Å². The number of methoxy groups -OCH3 is 2. The number of nitrogens with one attached hydrogen (secondary N) is 2. The first-order valence-electron chi connectivity index (χ1n) is 12.8. The summed E-state index contributed by atoms with van der Waals surface area (Å²) in [5, 5.41) is 7.40. The number of sulfonamides is 1. The van der Waals surface area contributed by atoms with Gasteiger partial charge in [-0.1, -0.05) is 0 Å². The van der Waals surface area contributed by atoms with E-state index in [1.54, 1.807) is 26.4 Å². The molecule has 5 rings (SSSR count). The van der Waals surface area contributed by atoms with Crippen LogP contribution >= 0.6 is 0 Å². The number of hydrogen-bond acceptors (Lipinski definition) is 8. The molecule has 1 fully saturated rings. The summed E-state index contributed by atoms with van der Waals surface area (Å²) in [5.41, 5.74) is 5.49. The number of aromatic nitrogens is 3. The highest BCUT2D eigenvalue weighted by atomic mass is 32.2. The molecule has 0 saturated carbocycles. The monoisotopic (exact) mass is 564 g/mol. The van der Waals surface area contributed by atoms with Crippen LogP contribution in [0.25, 0.3) is 16.9 Å². The Hall–Kier alpha value is -4.16. The highest BCUT2D eigenvalue weighted by Gasteiger charge is 2.30. The molecule has 40 heavy (non-hydrogen) atoms. The predicted molar refractivity (Wildman–Crippen MR) is 153 cm³/mol. The SMILES string of the molecule is COc1ccc(-c2c(C)nc3c(N4CC[C@@H](NS(=O)(=O)c5ccc(NC(C)=O)cc5)C4)cc(C)nn23)cc1OC. The van der Waals surface area contributed by atoms with E-state index < -0.39 is 10.0 Å². The van der Waals surface area contributed by atoms with Crippen LogP contribution in [0.1, 0.15) is 24.7 Å². The van der Waals surface area contributed by atoms with Gasteiger partial charge in [0.25, 0.3) is 0 Å². The molecule has 0 unspecified atom stereocenters. The van der Waals surface area contributed by atoms with Crippen molar-refractivity contribution in [3.8, 4) is 22.8 Å². The van der Waals surface area contributed by atoms with Crippen molar-refractivity contribution in [3.05, 3.63) is 59.9 Å². The van der Waals surface area contributed by atoms with Gasteiger partial charge in [-0.05, 0) is 68.8 Å². The number of benzene rings is 2. The Morgan fingerprint density at radius 1 is 1.02 bits per heavy atom. The fourth-order valence-electron chi connectivity index (χ4n) is 5.06. The van der Waals surface area contributed by atoms with Gasteiger partial charge in [-0.2, -0.15) is 5.10 Å². The van der Waals surface area contributed by atoms with Crippen LogP contribution in [0, 0.1) is 13.8 Å². The molecular weight excluding hydrogens is 532 g/mol. The molecule has 1 saturated heterocycles. The zero-order valence-corrected chi connectivity index (χ0v) is 23.9. The highest BCUT2D eigenvalue weighted by molar-refractivity contribution is 7.89. The smallest absolute Gasteiger partial charge is 0.240 e. The van der Waals surface area contributed by atoms with Crippen molar-refractivity contribution in [2.45, 2.75) is 38.1 Å². The standard InChI is InChI=1S/C28H32N6O5S/c1-17-14-24(28-29-18(2)27(34(28)31-17)20-6-11-25(38-4)26(15-20)39-5)33-13-12-22(16-33)32-40(36,37)23-9-7-21(8-10-23)30-19(3)35/h6-11,14-15,22,32H,12-13,16H2,1-5H3,(H,30,35)/t22-/m1/s1. The molecule has 1 aliphatic heterocycles. The number of imidazole rings is 1. The molecule has 0 radical (unpaired) electrons. The number of anilines is 2. The molecule has 0 spiro atoms. The number of rotatable bonds is 8. The number of fused-ring (bicyclic) bond motifs is 1. The Labute approximate surface area is 233 Å². The topological polar surface area (TPSA) is 127 Å². The lowest BCUT2D eigenvalue weighted by Crippen LogP contribution is -2.37. The second-order valence-electron chi connectivity index (χ2n) is 9.78. The molecule has 210 valence electrons.